The van der Waals surface area contributed by atoms with Crippen LogP contribution in [0.4, 0.5) is 0 Å². The van der Waals surface area contributed by atoms with Gasteiger partial charge in [-0.1, -0.05) is 5.16 Å². The summed E-state index contributed by atoms with van der Waals surface area (Å²) in [4.78, 5) is 22.9. The number of aromatic nitrogens is 3. The van der Waals surface area contributed by atoms with Gasteiger partial charge in [0.25, 0.3) is 0 Å². The van der Waals surface area contributed by atoms with E-state index in [2.05, 4.69) is 15.1 Å². The zero-order chi connectivity index (χ0) is 14.1. The molecule has 3 rings (SSSR count). The Kier molecular flexibility index (Phi) is 3.52. The first kappa shape index (κ1) is 13.2. The molecule has 2 aromatic heterocycles. The van der Waals surface area contributed by atoms with Gasteiger partial charge in [0, 0.05) is 18.8 Å². The number of hydrogen-bond donors (Lipinski definition) is 0. The lowest BCUT2D eigenvalue weighted by molar-refractivity contribution is -0.131. The molecule has 0 aromatic carbocycles. The first-order valence-corrected chi connectivity index (χ1v) is 7.52. The highest BCUT2D eigenvalue weighted by Crippen LogP contribution is 2.30. The van der Waals surface area contributed by atoms with Crippen molar-refractivity contribution in [3.8, 4) is 0 Å². The monoisotopic (exact) mass is 292 g/mol. The fourth-order valence-electron chi connectivity index (χ4n) is 2.53. The van der Waals surface area contributed by atoms with Crippen LogP contribution in [0.25, 0.3) is 0 Å². The number of rotatable bonds is 3. The molecule has 3 heterocycles. The van der Waals surface area contributed by atoms with Crippen LogP contribution >= 0.6 is 11.3 Å². The molecule has 1 aliphatic rings. The molecule has 7 heteroatoms. The summed E-state index contributed by atoms with van der Waals surface area (Å²) in [5, 5.41) is 6.87. The van der Waals surface area contributed by atoms with Crippen molar-refractivity contribution >= 4 is 17.2 Å². The van der Waals surface area contributed by atoms with E-state index < -0.39 is 0 Å². The van der Waals surface area contributed by atoms with Crippen molar-refractivity contribution in [2.45, 2.75) is 39.2 Å². The molecule has 1 saturated heterocycles. The minimum atomic E-state index is -0.0558. The van der Waals surface area contributed by atoms with Crippen LogP contribution in [0.5, 0.6) is 0 Å². The van der Waals surface area contributed by atoms with Crippen LogP contribution < -0.4 is 0 Å². The molecule has 0 bridgehead atoms. The number of aryl methyl sites for hydroxylation is 2. The second-order valence-electron chi connectivity index (χ2n) is 4.95. The third-order valence-corrected chi connectivity index (χ3v) is 4.24. The average molecular weight is 292 g/mol. The standard InChI is InChI=1S/C13H16N4O2S/c1-8-14-13(16-19-8)11-4-3-5-17(11)12(18)6-10-7-20-9(2)15-10/h7,11H,3-6H2,1-2H3. The van der Waals surface area contributed by atoms with Crippen molar-refractivity contribution in [3.05, 3.63) is 27.8 Å². The Morgan fingerprint density at radius 3 is 3.00 bits per heavy atom. The van der Waals surface area contributed by atoms with Gasteiger partial charge in [-0.3, -0.25) is 4.79 Å². The zero-order valence-electron chi connectivity index (χ0n) is 11.5. The molecular weight excluding hydrogens is 276 g/mol. The van der Waals surface area contributed by atoms with Crippen molar-refractivity contribution in [1.29, 1.82) is 0 Å². The quantitative estimate of drug-likeness (QED) is 0.865. The molecule has 0 N–H and O–H groups in total. The molecule has 20 heavy (non-hydrogen) atoms. The van der Waals surface area contributed by atoms with E-state index in [0.717, 1.165) is 30.1 Å². The molecular formula is C13H16N4O2S. The number of carbonyl (C=O) groups excluding carboxylic acids is 1. The molecule has 106 valence electrons. The molecule has 2 aromatic rings. The van der Waals surface area contributed by atoms with E-state index >= 15 is 0 Å². The van der Waals surface area contributed by atoms with Crippen LogP contribution in [0.2, 0.25) is 0 Å². The summed E-state index contributed by atoms with van der Waals surface area (Å²) in [6, 6.07) is -0.0558. The topological polar surface area (TPSA) is 72.1 Å². The zero-order valence-corrected chi connectivity index (χ0v) is 12.3. The van der Waals surface area contributed by atoms with Crippen LogP contribution in [-0.4, -0.2) is 32.5 Å². The Labute approximate surface area is 120 Å². The summed E-state index contributed by atoms with van der Waals surface area (Å²) in [5.41, 5.74) is 0.840. The van der Waals surface area contributed by atoms with Gasteiger partial charge in [0.15, 0.2) is 5.82 Å². The van der Waals surface area contributed by atoms with Gasteiger partial charge in [-0.25, -0.2) is 4.98 Å². The van der Waals surface area contributed by atoms with Gasteiger partial charge in [0.1, 0.15) is 0 Å². The minimum Gasteiger partial charge on any atom is -0.340 e. The maximum Gasteiger partial charge on any atom is 0.229 e. The predicted molar refractivity (Wildman–Crippen MR) is 73.3 cm³/mol. The van der Waals surface area contributed by atoms with Gasteiger partial charge in [0.2, 0.25) is 11.8 Å². The molecule has 1 unspecified atom stereocenters. The summed E-state index contributed by atoms with van der Waals surface area (Å²) in [5.74, 6) is 1.23. The first-order chi connectivity index (χ1) is 9.63. The number of hydrogen-bond acceptors (Lipinski definition) is 6. The van der Waals surface area contributed by atoms with E-state index in [4.69, 9.17) is 4.52 Å². The van der Waals surface area contributed by atoms with Crippen LogP contribution in [0.3, 0.4) is 0 Å². The van der Waals surface area contributed by atoms with Gasteiger partial charge >= 0.3 is 0 Å². The summed E-state index contributed by atoms with van der Waals surface area (Å²) in [6.45, 7) is 4.45. The largest absolute Gasteiger partial charge is 0.340 e. The second kappa shape index (κ2) is 5.32. The van der Waals surface area contributed by atoms with Gasteiger partial charge in [-0.2, -0.15) is 4.98 Å². The molecule has 1 aliphatic heterocycles. The van der Waals surface area contributed by atoms with E-state index in [1.165, 1.54) is 0 Å². The molecule has 0 saturated carbocycles. The average Bonchev–Trinajstić information content (AvgIpc) is 3.09. The molecule has 1 amide bonds. The van der Waals surface area contributed by atoms with Crippen molar-refractivity contribution in [1.82, 2.24) is 20.0 Å². The van der Waals surface area contributed by atoms with E-state index in [1.54, 1.807) is 18.3 Å². The third kappa shape index (κ3) is 2.58. The minimum absolute atomic E-state index is 0.0558. The van der Waals surface area contributed by atoms with E-state index in [1.807, 2.05) is 17.2 Å². The predicted octanol–water partition coefficient (Wildman–Crippen LogP) is 2.05. The lowest BCUT2D eigenvalue weighted by atomic mass is 10.2. The Balaban J connectivity index is 1.73. The fraction of sp³-hybridized carbons (Fsp3) is 0.538. The Bertz CT molecular complexity index is 621. The Morgan fingerprint density at radius 1 is 1.50 bits per heavy atom. The summed E-state index contributed by atoms with van der Waals surface area (Å²) in [6.07, 6.45) is 2.21. The lowest BCUT2D eigenvalue weighted by Crippen LogP contribution is -2.32. The van der Waals surface area contributed by atoms with Crippen molar-refractivity contribution in [2.75, 3.05) is 6.54 Å². The van der Waals surface area contributed by atoms with Gasteiger partial charge in [-0.15, -0.1) is 11.3 Å². The van der Waals surface area contributed by atoms with E-state index in [0.29, 0.717) is 18.1 Å². The highest BCUT2D eigenvalue weighted by atomic mass is 32.1. The third-order valence-electron chi connectivity index (χ3n) is 3.41. The highest BCUT2D eigenvalue weighted by Gasteiger charge is 2.33. The smallest absolute Gasteiger partial charge is 0.229 e. The molecule has 0 spiro atoms. The Morgan fingerprint density at radius 2 is 2.35 bits per heavy atom. The van der Waals surface area contributed by atoms with Crippen molar-refractivity contribution in [3.63, 3.8) is 0 Å². The molecule has 1 fully saturated rings. The first-order valence-electron chi connectivity index (χ1n) is 6.64. The fourth-order valence-corrected chi connectivity index (χ4v) is 3.14. The normalized spacial score (nSPS) is 18.7. The lowest BCUT2D eigenvalue weighted by Gasteiger charge is -2.21. The van der Waals surface area contributed by atoms with Crippen LogP contribution in [-0.2, 0) is 11.2 Å². The highest BCUT2D eigenvalue weighted by molar-refractivity contribution is 7.09. The SMILES string of the molecule is Cc1nc(C2CCCN2C(=O)Cc2csc(C)n2)no1. The van der Waals surface area contributed by atoms with E-state index in [-0.39, 0.29) is 11.9 Å². The summed E-state index contributed by atoms with van der Waals surface area (Å²) < 4.78 is 5.02. The van der Waals surface area contributed by atoms with Gasteiger partial charge in [0.05, 0.1) is 23.2 Å². The van der Waals surface area contributed by atoms with Crippen LogP contribution in [0, 0.1) is 13.8 Å². The van der Waals surface area contributed by atoms with Gasteiger partial charge < -0.3 is 9.42 Å². The molecule has 1 atom stereocenters. The molecule has 0 aliphatic carbocycles. The molecule has 6 nitrogen and oxygen atoms in total. The number of likely N-dealkylation sites (tertiary alicyclic amines) is 1. The van der Waals surface area contributed by atoms with Crippen LogP contribution in [0.15, 0.2) is 9.90 Å². The number of amides is 1. The Hall–Kier alpha value is -1.76. The number of nitrogens with zero attached hydrogens (tertiary/aromatic N) is 4. The second-order valence-corrected chi connectivity index (χ2v) is 6.01. The summed E-state index contributed by atoms with van der Waals surface area (Å²) in [7, 11) is 0. The maximum atomic E-state index is 12.4. The summed E-state index contributed by atoms with van der Waals surface area (Å²) >= 11 is 1.57. The molecule has 0 radical (unpaired) electrons. The van der Waals surface area contributed by atoms with Crippen LogP contribution in [0.1, 0.15) is 41.3 Å². The van der Waals surface area contributed by atoms with Crippen molar-refractivity contribution in [2.24, 2.45) is 0 Å². The number of thiazole rings is 1. The van der Waals surface area contributed by atoms with E-state index in [9.17, 15) is 4.79 Å². The number of carbonyl (C=O) groups is 1. The van der Waals surface area contributed by atoms with Crippen molar-refractivity contribution < 1.29 is 9.32 Å². The maximum absolute atomic E-state index is 12.4. The van der Waals surface area contributed by atoms with Gasteiger partial charge in [-0.05, 0) is 19.8 Å².